The number of hydrogen-bond acceptors (Lipinski definition) is 5. The lowest BCUT2D eigenvalue weighted by Crippen LogP contribution is -2.23. The summed E-state index contributed by atoms with van der Waals surface area (Å²) < 4.78 is 1.27. The van der Waals surface area contributed by atoms with Gasteiger partial charge in [-0.05, 0) is 73.1 Å². The first-order chi connectivity index (χ1) is 19.4. The zero-order valence-corrected chi connectivity index (χ0v) is 22.5. The monoisotopic (exact) mass is 531 g/mol. The molecule has 2 N–H and O–H groups in total. The summed E-state index contributed by atoms with van der Waals surface area (Å²) in [4.78, 5) is 42.9. The minimum absolute atomic E-state index is 0.0303. The molecule has 0 spiro atoms. The fourth-order valence-electron chi connectivity index (χ4n) is 5.38. The average Bonchev–Trinajstić information content (AvgIpc) is 3.60. The zero-order chi connectivity index (χ0) is 27.8. The molecule has 1 aliphatic carbocycles. The smallest absolute Gasteiger partial charge is 0.295 e. The third-order valence-corrected chi connectivity index (χ3v) is 7.55. The van der Waals surface area contributed by atoms with Gasteiger partial charge in [-0.25, -0.2) is 4.98 Å². The molecule has 40 heavy (non-hydrogen) atoms. The van der Waals surface area contributed by atoms with Gasteiger partial charge < -0.3 is 10.6 Å². The highest BCUT2D eigenvalue weighted by Crippen LogP contribution is 2.33. The number of benzene rings is 3. The van der Waals surface area contributed by atoms with Crippen LogP contribution in [0, 0.1) is 13.8 Å². The molecule has 0 saturated heterocycles. The number of anilines is 2. The fourth-order valence-corrected chi connectivity index (χ4v) is 5.38. The number of fused-ring (bicyclic) bond motifs is 1. The number of allylic oxidation sites excluding steroid dienone is 2. The third-order valence-electron chi connectivity index (χ3n) is 7.55. The summed E-state index contributed by atoms with van der Waals surface area (Å²) in [7, 11) is 0. The molecule has 0 unspecified atom stereocenters. The van der Waals surface area contributed by atoms with Crippen LogP contribution in [-0.4, -0.2) is 32.5 Å². The van der Waals surface area contributed by atoms with E-state index in [0.29, 0.717) is 23.6 Å². The Hall–Kier alpha value is -4.85. The molecule has 3 aromatic carbocycles. The van der Waals surface area contributed by atoms with Crippen molar-refractivity contribution in [2.75, 3.05) is 10.6 Å². The quantitative estimate of drug-likeness (QED) is 0.333. The maximum absolute atomic E-state index is 13.0. The summed E-state index contributed by atoms with van der Waals surface area (Å²) in [5.41, 5.74) is 7.96. The van der Waals surface area contributed by atoms with E-state index in [2.05, 4.69) is 32.8 Å². The van der Waals surface area contributed by atoms with Gasteiger partial charge in [-0.15, -0.1) is 5.10 Å². The van der Waals surface area contributed by atoms with E-state index < -0.39 is 5.91 Å². The van der Waals surface area contributed by atoms with Crippen molar-refractivity contribution in [3.63, 3.8) is 0 Å². The van der Waals surface area contributed by atoms with Gasteiger partial charge >= 0.3 is 0 Å². The number of nitrogens with one attached hydrogen (secondary N) is 2. The summed E-state index contributed by atoms with van der Waals surface area (Å²) in [6.45, 7) is 3.73. The summed E-state index contributed by atoms with van der Waals surface area (Å²) in [5, 5.41) is 10.1. The van der Waals surface area contributed by atoms with Gasteiger partial charge in [0.15, 0.2) is 0 Å². The van der Waals surface area contributed by atoms with E-state index in [9.17, 15) is 14.4 Å². The number of amides is 2. The zero-order valence-electron chi connectivity index (χ0n) is 22.5. The molecule has 6 rings (SSSR count). The number of rotatable bonds is 6. The Balaban J connectivity index is 1.10. The summed E-state index contributed by atoms with van der Waals surface area (Å²) in [5.74, 6) is -0.286. The Bertz CT molecular complexity index is 1680. The highest BCUT2D eigenvalue weighted by Gasteiger charge is 2.32. The Kier molecular flexibility index (Phi) is 6.59. The van der Waals surface area contributed by atoms with E-state index >= 15 is 0 Å². The second kappa shape index (κ2) is 10.4. The van der Waals surface area contributed by atoms with E-state index in [1.165, 1.54) is 4.68 Å². The molecule has 1 aliphatic heterocycles. The van der Waals surface area contributed by atoms with Crippen LogP contribution in [0.25, 0.3) is 11.1 Å². The van der Waals surface area contributed by atoms with Gasteiger partial charge in [0, 0.05) is 23.4 Å². The van der Waals surface area contributed by atoms with Crippen LogP contribution in [0.5, 0.6) is 0 Å². The molecular formula is C32H29N5O3. The second-order valence-electron chi connectivity index (χ2n) is 10.4. The number of hydrogen-bond donors (Lipinski definition) is 2. The van der Waals surface area contributed by atoms with Crippen LogP contribution in [0.3, 0.4) is 0 Å². The highest BCUT2D eigenvalue weighted by atomic mass is 16.2. The van der Waals surface area contributed by atoms with Crippen LogP contribution in [0.4, 0.5) is 11.4 Å². The van der Waals surface area contributed by atoms with Crippen LogP contribution in [0.1, 0.15) is 57.2 Å². The molecule has 2 amide bonds. The summed E-state index contributed by atoms with van der Waals surface area (Å²) in [6.07, 6.45) is 3.45. The maximum Gasteiger partial charge on any atom is 0.295 e. The van der Waals surface area contributed by atoms with Gasteiger partial charge in [-0.1, -0.05) is 60.2 Å². The lowest BCUT2D eigenvalue weighted by atomic mass is 10.0. The van der Waals surface area contributed by atoms with Crippen molar-refractivity contribution in [3.8, 4) is 11.1 Å². The normalized spacial score (nSPS) is 14.1. The molecule has 2 aliphatic rings. The van der Waals surface area contributed by atoms with Gasteiger partial charge in [0.25, 0.3) is 11.8 Å². The Morgan fingerprint density at radius 3 is 2.27 bits per heavy atom. The molecule has 0 radical (unpaired) electrons. The van der Waals surface area contributed by atoms with Crippen molar-refractivity contribution < 1.29 is 14.4 Å². The first kappa shape index (κ1) is 25.4. The maximum atomic E-state index is 13.0. The number of carbonyl (C=O) groups excluding carboxylic acids is 3. The molecule has 2 heterocycles. The van der Waals surface area contributed by atoms with Gasteiger partial charge in [0.05, 0.1) is 6.42 Å². The van der Waals surface area contributed by atoms with Crippen LogP contribution < -0.4 is 10.6 Å². The molecule has 8 nitrogen and oxygen atoms in total. The van der Waals surface area contributed by atoms with Gasteiger partial charge in [-0.3, -0.25) is 14.4 Å². The molecule has 0 atom stereocenters. The van der Waals surface area contributed by atoms with Crippen molar-refractivity contribution >= 4 is 29.1 Å². The Morgan fingerprint density at radius 2 is 1.55 bits per heavy atom. The lowest BCUT2D eigenvalue weighted by molar-refractivity contribution is -0.115. The summed E-state index contributed by atoms with van der Waals surface area (Å²) >= 11 is 0. The molecule has 0 fully saturated rings. The fraction of sp³-hybridized carbons (Fsp3) is 0.219. The third kappa shape index (κ3) is 4.96. The minimum Gasteiger partial charge on any atom is -0.326 e. The van der Waals surface area contributed by atoms with Crippen LogP contribution in [0.2, 0.25) is 0 Å². The largest absolute Gasteiger partial charge is 0.326 e. The van der Waals surface area contributed by atoms with Crippen molar-refractivity contribution in [1.82, 2.24) is 14.8 Å². The van der Waals surface area contributed by atoms with Crippen LogP contribution in [-0.2, 0) is 17.6 Å². The average molecular weight is 532 g/mol. The SMILES string of the molecule is Cc1cc(NC(=O)c2nc3n(n2)C(=O)C2=C(CCC2)C3)c(C)cc1NC(=O)Cc1ccc(-c2ccccc2)cc1. The van der Waals surface area contributed by atoms with Gasteiger partial charge in [-0.2, -0.15) is 4.68 Å². The predicted octanol–water partition coefficient (Wildman–Crippen LogP) is 5.67. The Labute approximate surface area is 232 Å². The molecule has 1 aromatic heterocycles. The predicted molar refractivity (Wildman–Crippen MR) is 153 cm³/mol. The first-order valence-corrected chi connectivity index (χ1v) is 13.4. The van der Waals surface area contributed by atoms with Gasteiger partial charge in [0.1, 0.15) is 5.82 Å². The van der Waals surface area contributed by atoms with Crippen molar-refractivity contribution in [2.45, 2.75) is 46.0 Å². The molecule has 4 aromatic rings. The molecular weight excluding hydrogens is 502 g/mol. The van der Waals surface area contributed by atoms with Crippen molar-refractivity contribution in [1.29, 1.82) is 0 Å². The van der Waals surface area contributed by atoms with Gasteiger partial charge in [0.2, 0.25) is 11.7 Å². The minimum atomic E-state index is -0.479. The number of nitrogens with zero attached hydrogens (tertiary/aromatic N) is 3. The topological polar surface area (TPSA) is 106 Å². The van der Waals surface area contributed by atoms with E-state index in [1.807, 2.05) is 68.4 Å². The van der Waals surface area contributed by atoms with Crippen LogP contribution >= 0.6 is 0 Å². The van der Waals surface area contributed by atoms with E-state index in [-0.39, 0.29) is 24.1 Å². The number of aryl methyl sites for hydroxylation is 2. The number of carbonyl (C=O) groups is 3. The van der Waals surface area contributed by atoms with E-state index in [1.54, 1.807) is 0 Å². The van der Waals surface area contributed by atoms with Crippen molar-refractivity contribution in [3.05, 3.63) is 106 Å². The van der Waals surface area contributed by atoms with E-state index in [0.717, 1.165) is 58.2 Å². The highest BCUT2D eigenvalue weighted by molar-refractivity contribution is 6.04. The van der Waals surface area contributed by atoms with Crippen LogP contribution in [0.15, 0.2) is 77.9 Å². The first-order valence-electron chi connectivity index (χ1n) is 13.4. The second-order valence-corrected chi connectivity index (χ2v) is 10.4. The lowest BCUT2D eigenvalue weighted by Gasteiger charge is -2.14. The molecule has 200 valence electrons. The molecule has 0 saturated carbocycles. The Morgan fingerprint density at radius 1 is 0.875 bits per heavy atom. The van der Waals surface area contributed by atoms with E-state index in [4.69, 9.17) is 0 Å². The molecule has 8 heteroatoms. The van der Waals surface area contributed by atoms with Crippen molar-refractivity contribution in [2.24, 2.45) is 0 Å². The standard InChI is InChI=1S/C32H29N5O3/c1-19-16-27(34-31(39)30-35-28-18-24-9-6-10-25(24)32(40)37(28)36-30)20(2)15-26(19)33-29(38)17-21-11-13-23(14-12-21)22-7-4-3-5-8-22/h3-5,7-8,11-16H,6,9-10,17-18H2,1-2H3,(H,33,38)(H,34,39). The summed E-state index contributed by atoms with van der Waals surface area (Å²) in [6, 6.07) is 21.7. The number of aromatic nitrogens is 3. The molecule has 0 bridgehead atoms.